The van der Waals surface area contributed by atoms with Crippen molar-refractivity contribution < 1.29 is 29.1 Å². The van der Waals surface area contributed by atoms with Crippen molar-refractivity contribution in [3.63, 3.8) is 0 Å². The van der Waals surface area contributed by atoms with Crippen molar-refractivity contribution in [1.29, 1.82) is 0 Å². The van der Waals surface area contributed by atoms with Crippen LogP contribution < -0.4 is 14.4 Å². The number of Topliss-reactive ketones (excluding diaryl/α,β-unsaturated/α-hetero) is 1. The number of benzene rings is 3. The molecule has 1 N–H and O–H groups in total. The van der Waals surface area contributed by atoms with Crippen LogP contribution in [0.2, 0.25) is 0 Å². The molecule has 35 heavy (non-hydrogen) atoms. The van der Waals surface area contributed by atoms with Gasteiger partial charge in [-0.25, -0.2) is 0 Å². The zero-order valence-electron chi connectivity index (χ0n) is 19.0. The molecule has 9 nitrogen and oxygen atoms in total. The molecular formula is C26H22N2O7. The summed E-state index contributed by atoms with van der Waals surface area (Å²) >= 11 is 0. The molecule has 1 fully saturated rings. The van der Waals surface area contributed by atoms with Gasteiger partial charge in [0.25, 0.3) is 17.4 Å². The van der Waals surface area contributed by atoms with Crippen molar-refractivity contribution in [2.75, 3.05) is 18.6 Å². The monoisotopic (exact) mass is 474 g/mol. The first-order valence-corrected chi connectivity index (χ1v) is 10.8. The van der Waals surface area contributed by atoms with Gasteiger partial charge >= 0.3 is 0 Å². The third kappa shape index (κ3) is 4.43. The molecular weight excluding hydrogens is 452 g/mol. The normalized spacial score (nSPS) is 16.9. The number of carbonyl (C=O) groups excluding carboxylic acids is 2. The molecule has 0 aliphatic carbocycles. The highest BCUT2D eigenvalue weighted by atomic mass is 16.6. The van der Waals surface area contributed by atoms with Crippen LogP contribution in [0, 0.1) is 10.1 Å². The van der Waals surface area contributed by atoms with Gasteiger partial charge < -0.3 is 14.6 Å². The minimum Gasteiger partial charge on any atom is -0.507 e. The average molecular weight is 474 g/mol. The Morgan fingerprint density at radius 1 is 1.03 bits per heavy atom. The predicted molar refractivity (Wildman–Crippen MR) is 128 cm³/mol. The van der Waals surface area contributed by atoms with E-state index >= 15 is 0 Å². The Labute approximate surface area is 201 Å². The molecule has 1 saturated heterocycles. The molecule has 4 rings (SSSR count). The first-order valence-electron chi connectivity index (χ1n) is 10.8. The summed E-state index contributed by atoms with van der Waals surface area (Å²) < 4.78 is 10.6. The van der Waals surface area contributed by atoms with E-state index in [1.807, 2.05) is 6.92 Å². The van der Waals surface area contributed by atoms with Crippen LogP contribution in [-0.2, 0) is 9.59 Å². The van der Waals surface area contributed by atoms with Crippen molar-refractivity contribution in [3.8, 4) is 11.5 Å². The van der Waals surface area contributed by atoms with Crippen LogP contribution in [0.4, 0.5) is 11.4 Å². The fraction of sp³-hybridized carbons (Fsp3) is 0.154. The molecule has 0 saturated carbocycles. The van der Waals surface area contributed by atoms with Crippen LogP contribution in [0.1, 0.15) is 24.1 Å². The number of ether oxygens (including phenoxy) is 2. The number of aliphatic hydroxyl groups excluding tert-OH is 1. The Balaban J connectivity index is 1.90. The van der Waals surface area contributed by atoms with E-state index in [2.05, 4.69) is 0 Å². The number of carbonyl (C=O) groups is 2. The van der Waals surface area contributed by atoms with Crippen LogP contribution in [0.5, 0.6) is 11.5 Å². The first-order chi connectivity index (χ1) is 16.8. The zero-order valence-corrected chi connectivity index (χ0v) is 19.0. The maximum absolute atomic E-state index is 13.2. The number of hydrogen-bond donors (Lipinski definition) is 1. The Hall–Kier alpha value is -4.66. The van der Waals surface area contributed by atoms with Gasteiger partial charge in [0.2, 0.25) is 0 Å². The third-order valence-electron chi connectivity index (χ3n) is 5.63. The van der Waals surface area contributed by atoms with E-state index < -0.39 is 22.7 Å². The van der Waals surface area contributed by atoms with Crippen molar-refractivity contribution in [2.45, 2.75) is 13.0 Å². The number of amides is 1. The first kappa shape index (κ1) is 23.5. The van der Waals surface area contributed by atoms with Gasteiger partial charge in [0.1, 0.15) is 17.3 Å². The molecule has 178 valence electrons. The van der Waals surface area contributed by atoms with Gasteiger partial charge in [0.15, 0.2) is 0 Å². The number of nitrogens with zero attached hydrogens (tertiary/aromatic N) is 2. The molecule has 0 unspecified atom stereocenters. The lowest BCUT2D eigenvalue weighted by Gasteiger charge is -2.25. The summed E-state index contributed by atoms with van der Waals surface area (Å²) in [5.74, 6) is -1.02. The van der Waals surface area contributed by atoms with E-state index in [0.29, 0.717) is 34.9 Å². The summed E-state index contributed by atoms with van der Waals surface area (Å²) in [5.41, 5.74) is 0.604. The smallest absolute Gasteiger partial charge is 0.300 e. The van der Waals surface area contributed by atoms with Crippen LogP contribution in [0.15, 0.2) is 78.4 Å². The van der Waals surface area contributed by atoms with E-state index in [0.717, 1.165) is 0 Å². The van der Waals surface area contributed by atoms with Crippen molar-refractivity contribution >= 4 is 28.8 Å². The van der Waals surface area contributed by atoms with Crippen LogP contribution in [-0.4, -0.2) is 35.4 Å². The number of non-ortho nitro benzene ring substituents is 1. The highest BCUT2D eigenvalue weighted by Crippen LogP contribution is 2.43. The maximum Gasteiger partial charge on any atom is 0.300 e. The Morgan fingerprint density at radius 2 is 1.69 bits per heavy atom. The minimum atomic E-state index is -1.09. The molecule has 0 bridgehead atoms. The Morgan fingerprint density at radius 3 is 2.29 bits per heavy atom. The van der Waals surface area contributed by atoms with Gasteiger partial charge in [-0.3, -0.25) is 24.6 Å². The largest absolute Gasteiger partial charge is 0.507 e. The van der Waals surface area contributed by atoms with Gasteiger partial charge in [-0.2, -0.15) is 0 Å². The maximum atomic E-state index is 13.2. The van der Waals surface area contributed by atoms with E-state index in [4.69, 9.17) is 9.47 Å². The second-order valence-electron chi connectivity index (χ2n) is 7.68. The molecule has 0 spiro atoms. The second-order valence-corrected chi connectivity index (χ2v) is 7.68. The van der Waals surface area contributed by atoms with Gasteiger partial charge in [-0.05, 0) is 61.0 Å². The highest BCUT2D eigenvalue weighted by molar-refractivity contribution is 6.51. The number of hydrogen-bond acceptors (Lipinski definition) is 7. The number of nitro benzene ring substituents is 1. The molecule has 1 aliphatic heterocycles. The molecule has 3 aromatic rings. The topological polar surface area (TPSA) is 119 Å². The van der Waals surface area contributed by atoms with Crippen molar-refractivity contribution in [2.24, 2.45) is 0 Å². The number of rotatable bonds is 7. The number of anilines is 1. The Bertz CT molecular complexity index is 1310. The van der Waals surface area contributed by atoms with Crippen molar-refractivity contribution in [1.82, 2.24) is 0 Å². The molecule has 1 heterocycles. The summed E-state index contributed by atoms with van der Waals surface area (Å²) in [6.07, 6.45) is 0. The summed E-state index contributed by atoms with van der Waals surface area (Å²) in [6, 6.07) is 17.5. The lowest BCUT2D eigenvalue weighted by molar-refractivity contribution is -0.384. The third-order valence-corrected chi connectivity index (χ3v) is 5.63. The SMILES string of the molecule is CCOc1ccc(C(O)=C2C(=O)C(=O)N(c3ccc(OC)cc3)[C@@H]2c2cccc([N+](=O)[O-])c2)cc1. The fourth-order valence-electron chi connectivity index (χ4n) is 4.00. The lowest BCUT2D eigenvalue weighted by Crippen LogP contribution is -2.29. The predicted octanol–water partition coefficient (Wildman–Crippen LogP) is 4.63. The van der Waals surface area contributed by atoms with Crippen LogP contribution >= 0.6 is 0 Å². The molecule has 1 aliphatic rings. The van der Waals surface area contributed by atoms with Gasteiger partial charge in [-0.15, -0.1) is 0 Å². The van der Waals surface area contributed by atoms with E-state index in [1.54, 1.807) is 54.6 Å². The molecule has 0 radical (unpaired) electrons. The molecule has 3 aromatic carbocycles. The highest BCUT2D eigenvalue weighted by Gasteiger charge is 2.47. The average Bonchev–Trinajstić information content (AvgIpc) is 3.14. The van der Waals surface area contributed by atoms with Gasteiger partial charge in [0, 0.05) is 23.4 Å². The lowest BCUT2D eigenvalue weighted by atomic mass is 9.94. The zero-order chi connectivity index (χ0) is 25.1. The van der Waals surface area contributed by atoms with E-state index in [-0.39, 0.29) is 17.0 Å². The summed E-state index contributed by atoms with van der Waals surface area (Å²) in [4.78, 5) is 38.5. The molecule has 1 atom stereocenters. The van der Waals surface area contributed by atoms with E-state index in [1.165, 1.54) is 30.2 Å². The van der Waals surface area contributed by atoms with Gasteiger partial charge in [-0.1, -0.05) is 12.1 Å². The van der Waals surface area contributed by atoms with Gasteiger partial charge in [0.05, 0.1) is 30.3 Å². The standard InChI is InChI=1S/C26H22N2O7/c1-3-35-21-11-7-16(8-12-21)24(29)22-23(17-5-4-6-19(15-17)28(32)33)27(26(31)25(22)30)18-9-13-20(34-2)14-10-18/h4-15,23,29H,3H2,1-2H3/t23-/m1/s1. The summed E-state index contributed by atoms with van der Waals surface area (Å²) in [5, 5.41) is 22.6. The summed E-state index contributed by atoms with van der Waals surface area (Å²) in [6.45, 7) is 2.30. The van der Waals surface area contributed by atoms with Crippen LogP contribution in [0.25, 0.3) is 5.76 Å². The quantitative estimate of drug-likeness (QED) is 0.174. The van der Waals surface area contributed by atoms with Crippen LogP contribution in [0.3, 0.4) is 0 Å². The van der Waals surface area contributed by atoms with E-state index in [9.17, 15) is 24.8 Å². The minimum absolute atomic E-state index is 0.171. The second kappa shape index (κ2) is 9.68. The molecule has 9 heteroatoms. The number of ketones is 1. The van der Waals surface area contributed by atoms with Crippen molar-refractivity contribution in [3.05, 3.63) is 99.6 Å². The number of methoxy groups -OCH3 is 1. The molecule has 0 aromatic heterocycles. The molecule has 1 amide bonds. The number of nitro groups is 1. The summed E-state index contributed by atoms with van der Waals surface area (Å²) in [7, 11) is 1.50. The number of aliphatic hydroxyl groups is 1. The Kier molecular flexibility index (Phi) is 6.50. The fourth-order valence-corrected chi connectivity index (χ4v) is 4.00.